The molecule has 92 valence electrons. The molecule has 2 bridgehead atoms. The van der Waals surface area contributed by atoms with Gasteiger partial charge in [-0.15, -0.1) is 0 Å². The van der Waals surface area contributed by atoms with Crippen LogP contribution in [0.25, 0.3) is 0 Å². The van der Waals surface area contributed by atoms with Crippen molar-refractivity contribution >= 4 is 0 Å². The fourth-order valence-electron chi connectivity index (χ4n) is 3.63. The first-order valence-electron chi connectivity index (χ1n) is 6.68. The van der Waals surface area contributed by atoms with Gasteiger partial charge in [-0.05, 0) is 26.8 Å². The monoisotopic (exact) mass is 224 g/mol. The first-order valence-corrected chi connectivity index (χ1v) is 6.68. The van der Waals surface area contributed by atoms with Crippen LogP contribution in [0.3, 0.4) is 0 Å². The standard InChI is InChI=1S/C12H24N4/c1-9-12(14-6-5-13-9)16-7-10-3-4-11(8-16)15(10)2/h9-14H,3-8H2,1-2H3. The smallest absolute Gasteiger partial charge is 0.0754 e. The van der Waals surface area contributed by atoms with Crippen molar-refractivity contribution in [2.45, 2.75) is 44.1 Å². The molecule has 0 amide bonds. The van der Waals surface area contributed by atoms with Crippen LogP contribution in [0, 0.1) is 0 Å². The maximum atomic E-state index is 3.67. The second-order valence-corrected chi connectivity index (χ2v) is 5.65. The largest absolute Gasteiger partial charge is 0.310 e. The van der Waals surface area contributed by atoms with Crippen LogP contribution in [-0.4, -0.2) is 67.3 Å². The lowest BCUT2D eigenvalue weighted by Gasteiger charge is -2.46. The highest BCUT2D eigenvalue weighted by Gasteiger charge is 2.40. The quantitative estimate of drug-likeness (QED) is 0.639. The number of piperazine rings is 2. The van der Waals surface area contributed by atoms with Gasteiger partial charge in [-0.2, -0.15) is 0 Å². The number of hydrogen-bond acceptors (Lipinski definition) is 4. The maximum absolute atomic E-state index is 3.67. The highest BCUT2D eigenvalue weighted by Crippen LogP contribution is 2.29. The Morgan fingerprint density at radius 2 is 1.62 bits per heavy atom. The normalized spacial score (nSPS) is 46.1. The van der Waals surface area contributed by atoms with Crippen LogP contribution >= 0.6 is 0 Å². The number of fused-ring (bicyclic) bond motifs is 2. The van der Waals surface area contributed by atoms with Gasteiger partial charge in [0.25, 0.3) is 0 Å². The van der Waals surface area contributed by atoms with E-state index in [1.807, 2.05) is 0 Å². The molecule has 4 unspecified atom stereocenters. The van der Waals surface area contributed by atoms with Gasteiger partial charge in [-0.1, -0.05) is 0 Å². The number of rotatable bonds is 1. The van der Waals surface area contributed by atoms with Gasteiger partial charge < -0.3 is 5.32 Å². The SMILES string of the molecule is CC1NCCNC1N1CC2CCC(C1)N2C. The summed E-state index contributed by atoms with van der Waals surface area (Å²) in [6, 6.07) is 2.18. The first-order chi connectivity index (χ1) is 7.75. The molecule has 0 aromatic heterocycles. The molecule has 0 aromatic carbocycles. The van der Waals surface area contributed by atoms with Crippen molar-refractivity contribution in [3.8, 4) is 0 Å². The Bertz CT molecular complexity index is 243. The van der Waals surface area contributed by atoms with Crippen LogP contribution in [-0.2, 0) is 0 Å². The van der Waals surface area contributed by atoms with Crippen LogP contribution < -0.4 is 10.6 Å². The minimum atomic E-state index is 0.547. The van der Waals surface area contributed by atoms with E-state index in [4.69, 9.17) is 0 Å². The van der Waals surface area contributed by atoms with Gasteiger partial charge in [0, 0.05) is 44.3 Å². The van der Waals surface area contributed by atoms with E-state index in [0.29, 0.717) is 12.2 Å². The summed E-state index contributed by atoms with van der Waals surface area (Å²) < 4.78 is 0. The average Bonchev–Trinajstić information content (AvgIpc) is 2.53. The van der Waals surface area contributed by atoms with E-state index in [1.165, 1.54) is 25.9 Å². The second-order valence-electron chi connectivity index (χ2n) is 5.65. The molecule has 3 heterocycles. The number of nitrogens with one attached hydrogen (secondary N) is 2. The zero-order valence-corrected chi connectivity index (χ0v) is 10.4. The molecule has 0 saturated carbocycles. The Balaban J connectivity index is 1.67. The molecule has 0 spiro atoms. The molecule has 3 saturated heterocycles. The van der Waals surface area contributed by atoms with Crippen molar-refractivity contribution in [1.82, 2.24) is 20.4 Å². The van der Waals surface area contributed by atoms with Gasteiger partial charge in [0.2, 0.25) is 0 Å². The van der Waals surface area contributed by atoms with Crippen LogP contribution in [0.5, 0.6) is 0 Å². The molecule has 0 aliphatic carbocycles. The predicted molar refractivity (Wildman–Crippen MR) is 65.4 cm³/mol. The zero-order valence-electron chi connectivity index (χ0n) is 10.4. The Morgan fingerprint density at radius 1 is 1.00 bits per heavy atom. The Labute approximate surface area is 98.4 Å². The van der Waals surface area contributed by atoms with E-state index < -0.39 is 0 Å². The molecule has 0 radical (unpaired) electrons. The fraction of sp³-hybridized carbons (Fsp3) is 1.00. The molecule has 4 nitrogen and oxygen atoms in total. The summed E-state index contributed by atoms with van der Waals surface area (Å²) in [5.41, 5.74) is 0. The molecular formula is C12H24N4. The summed E-state index contributed by atoms with van der Waals surface area (Å²) in [6.45, 7) is 7.01. The van der Waals surface area contributed by atoms with E-state index >= 15 is 0 Å². The maximum Gasteiger partial charge on any atom is 0.0754 e. The van der Waals surface area contributed by atoms with Crippen molar-refractivity contribution < 1.29 is 0 Å². The number of hydrogen-bond donors (Lipinski definition) is 2. The zero-order chi connectivity index (χ0) is 11.1. The summed E-state index contributed by atoms with van der Waals surface area (Å²) in [7, 11) is 2.30. The van der Waals surface area contributed by atoms with Gasteiger partial charge in [-0.25, -0.2) is 0 Å². The molecule has 4 heteroatoms. The lowest BCUT2D eigenvalue weighted by molar-refractivity contribution is 0.0270. The summed E-state index contributed by atoms with van der Waals surface area (Å²) in [4.78, 5) is 5.26. The van der Waals surface area contributed by atoms with E-state index in [0.717, 1.165) is 25.2 Å². The summed E-state index contributed by atoms with van der Waals surface area (Å²) >= 11 is 0. The summed E-state index contributed by atoms with van der Waals surface area (Å²) in [6.07, 6.45) is 3.34. The Kier molecular flexibility index (Phi) is 2.92. The van der Waals surface area contributed by atoms with E-state index in [1.54, 1.807) is 0 Å². The van der Waals surface area contributed by atoms with Crippen LogP contribution in [0.15, 0.2) is 0 Å². The number of likely N-dealkylation sites (tertiary alicyclic amines) is 1. The lowest BCUT2D eigenvalue weighted by atomic mass is 10.1. The molecular weight excluding hydrogens is 200 g/mol. The number of likely N-dealkylation sites (N-methyl/N-ethyl adjacent to an activating group) is 1. The summed E-state index contributed by atoms with van der Waals surface area (Å²) in [5.74, 6) is 0. The van der Waals surface area contributed by atoms with Gasteiger partial charge >= 0.3 is 0 Å². The highest BCUT2D eigenvalue weighted by atomic mass is 15.4. The van der Waals surface area contributed by atoms with E-state index in [2.05, 4.69) is 34.4 Å². The third-order valence-corrected chi connectivity index (χ3v) is 4.69. The lowest BCUT2D eigenvalue weighted by Crippen LogP contribution is -2.66. The average molecular weight is 224 g/mol. The van der Waals surface area contributed by atoms with Crippen molar-refractivity contribution in [3.05, 3.63) is 0 Å². The molecule has 3 fully saturated rings. The van der Waals surface area contributed by atoms with Gasteiger partial charge in [0.15, 0.2) is 0 Å². The molecule has 0 aromatic rings. The first kappa shape index (κ1) is 11.0. The van der Waals surface area contributed by atoms with E-state index in [9.17, 15) is 0 Å². The fourth-order valence-corrected chi connectivity index (χ4v) is 3.63. The molecule has 3 rings (SSSR count). The third-order valence-electron chi connectivity index (χ3n) is 4.69. The molecule has 3 aliphatic rings. The van der Waals surface area contributed by atoms with Crippen LogP contribution in [0.4, 0.5) is 0 Å². The molecule has 4 atom stereocenters. The highest BCUT2D eigenvalue weighted by molar-refractivity contribution is 4.97. The van der Waals surface area contributed by atoms with Gasteiger partial charge in [0.1, 0.15) is 0 Å². The third kappa shape index (κ3) is 1.78. The van der Waals surface area contributed by atoms with Crippen molar-refractivity contribution in [2.24, 2.45) is 0 Å². The van der Waals surface area contributed by atoms with Crippen LogP contribution in [0.2, 0.25) is 0 Å². The topological polar surface area (TPSA) is 30.5 Å². The number of nitrogens with zero attached hydrogens (tertiary/aromatic N) is 2. The van der Waals surface area contributed by atoms with Gasteiger partial charge in [-0.3, -0.25) is 15.1 Å². The second kappa shape index (κ2) is 4.26. The van der Waals surface area contributed by atoms with Crippen molar-refractivity contribution in [2.75, 3.05) is 33.2 Å². The Hall–Kier alpha value is -0.160. The van der Waals surface area contributed by atoms with Gasteiger partial charge in [0.05, 0.1) is 6.17 Å². The van der Waals surface area contributed by atoms with Crippen molar-refractivity contribution in [1.29, 1.82) is 0 Å². The van der Waals surface area contributed by atoms with E-state index in [-0.39, 0.29) is 0 Å². The molecule has 3 aliphatic heterocycles. The van der Waals surface area contributed by atoms with Crippen LogP contribution in [0.1, 0.15) is 19.8 Å². The Morgan fingerprint density at radius 3 is 2.25 bits per heavy atom. The minimum Gasteiger partial charge on any atom is -0.310 e. The predicted octanol–water partition coefficient (Wildman–Crippen LogP) is -0.328. The molecule has 2 N–H and O–H groups in total. The summed E-state index contributed by atoms with van der Waals surface area (Å²) in [5, 5.41) is 7.24. The van der Waals surface area contributed by atoms with Crippen molar-refractivity contribution in [3.63, 3.8) is 0 Å². The minimum absolute atomic E-state index is 0.547. The molecule has 16 heavy (non-hydrogen) atoms.